The molecule has 0 saturated carbocycles. The van der Waals surface area contributed by atoms with Gasteiger partial charge in [-0.1, -0.05) is 17.7 Å². The van der Waals surface area contributed by atoms with Crippen LogP contribution >= 0.6 is 0 Å². The Kier molecular flexibility index (Phi) is 3.75. The van der Waals surface area contributed by atoms with Crippen LogP contribution in [0.2, 0.25) is 0 Å². The van der Waals surface area contributed by atoms with Crippen molar-refractivity contribution in [1.82, 2.24) is 9.62 Å². The number of aryl methyl sites for hydroxylation is 2. The Hall–Kier alpha value is -0.910. The van der Waals surface area contributed by atoms with Crippen molar-refractivity contribution in [1.29, 1.82) is 0 Å². The van der Waals surface area contributed by atoms with Gasteiger partial charge in [-0.25, -0.2) is 8.42 Å². The van der Waals surface area contributed by atoms with Crippen molar-refractivity contribution in [3.05, 3.63) is 29.3 Å². The highest BCUT2D eigenvalue weighted by Gasteiger charge is 2.29. The molecule has 1 aromatic carbocycles. The van der Waals surface area contributed by atoms with Crippen LogP contribution in [-0.2, 0) is 10.0 Å². The molecule has 1 heterocycles. The normalized spacial score (nSPS) is 22.1. The van der Waals surface area contributed by atoms with E-state index in [-0.39, 0.29) is 6.04 Å². The number of hydrogen-bond donors (Lipinski definition) is 1. The molecule has 1 unspecified atom stereocenters. The molecular formula is C13H20N2O2S. The van der Waals surface area contributed by atoms with Gasteiger partial charge in [0, 0.05) is 25.7 Å². The van der Waals surface area contributed by atoms with Crippen LogP contribution in [0.5, 0.6) is 0 Å². The summed E-state index contributed by atoms with van der Waals surface area (Å²) in [7, 11) is -3.35. The summed E-state index contributed by atoms with van der Waals surface area (Å²) in [6, 6.07) is 5.69. The van der Waals surface area contributed by atoms with Crippen molar-refractivity contribution >= 4 is 10.0 Å². The predicted octanol–water partition coefficient (Wildman–Crippen LogP) is 1.29. The molecule has 2 rings (SSSR count). The fourth-order valence-corrected chi connectivity index (χ4v) is 4.08. The summed E-state index contributed by atoms with van der Waals surface area (Å²) in [6.07, 6.45) is 0. The lowest BCUT2D eigenvalue weighted by Gasteiger charge is -2.31. The minimum atomic E-state index is -3.35. The van der Waals surface area contributed by atoms with Crippen molar-refractivity contribution in [3.8, 4) is 0 Å². The van der Waals surface area contributed by atoms with E-state index in [9.17, 15) is 8.42 Å². The maximum absolute atomic E-state index is 12.6. The van der Waals surface area contributed by atoms with Gasteiger partial charge in [-0.2, -0.15) is 4.31 Å². The monoisotopic (exact) mass is 268 g/mol. The van der Waals surface area contributed by atoms with Crippen LogP contribution in [0.4, 0.5) is 0 Å². The van der Waals surface area contributed by atoms with Gasteiger partial charge in [-0.05, 0) is 32.4 Å². The first-order chi connectivity index (χ1) is 8.41. The molecule has 4 nitrogen and oxygen atoms in total. The molecule has 0 amide bonds. The zero-order chi connectivity index (χ0) is 13.3. The van der Waals surface area contributed by atoms with Gasteiger partial charge in [0.25, 0.3) is 0 Å². The number of rotatable bonds is 2. The van der Waals surface area contributed by atoms with E-state index in [2.05, 4.69) is 5.32 Å². The highest BCUT2D eigenvalue weighted by molar-refractivity contribution is 7.89. The number of nitrogens with one attached hydrogen (secondary N) is 1. The molecule has 1 saturated heterocycles. The standard InChI is InChI=1S/C13H20N2O2S/c1-10-4-5-13(11(2)8-10)18(16,17)15-7-6-14-12(3)9-15/h4-5,8,12,14H,6-7,9H2,1-3H3. The van der Waals surface area contributed by atoms with Crippen LogP contribution in [-0.4, -0.2) is 38.4 Å². The topological polar surface area (TPSA) is 49.4 Å². The lowest BCUT2D eigenvalue weighted by molar-refractivity contribution is 0.310. The first kappa shape index (κ1) is 13.5. The molecule has 1 fully saturated rings. The maximum atomic E-state index is 12.6. The minimum Gasteiger partial charge on any atom is -0.312 e. The van der Waals surface area contributed by atoms with Gasteiger partial charge in [-0.3, -0.25) is 0 Å². The number of hydrogen-bond acceptors (Lipinski definition) is 3. The summed E-state index contributed by atoms with van der Waals surface area (Å²) in [5.74, 6) is 0. The van der Waals surface area contributed by atoms with Crippen molar-refractivity contribution in [2.45, 2.75) is 31.7 Å². The Morgan fingerprint density at radius 2 is 2.06 bits per heavy atom. The van der Waals surface area contributed by atoms with E-state index in [4.69, 9.17) is 0 Å². The molecule has 0 aliphatic carbocycles. The Labute approximate surface area is 109 Å². The van der Waals surface area contributed by atoms with Gasteiger partial charge in [-0.15, -0.1) is 0 Å². The number of piperazine rings is 1. The Balaban J connectivity index is 2.35. The molecular weight excluding hydrogens is 248 g/mol. The number of sulfonamides is 1. The quantitative estimate of drug-likeness (QED) is 0.879. The average Bonchev–Trinajstić information content (AvgIpc) is 2.28. The van der Waals surface area contributed by atoms with Crippen LogP contribution in [0.3, 0.4) is 0 Å². The highest BCUT2D eigenvalue weighted by Crippen LogP contribution is 2.21. The molecule has 1 N–H and O–H groups in total. The average molecular weight is 268 g/mol. The fourth-order valence-electron chi connectivity index (χ4n) is 2.34. The lowest BCUT2D eigenvalue weighted by atomic mass is 10.2. The second kappa shape index (κ2) is 4.99. The molecule has 0 aromatic heterocycles. The van der Waals surface area contributed by atoms with E-state index in [1.807, 2.05) is 32.9 Å². The van der Waals surface area contributed by atoms with E-state index in [1.54, 1.807) is 10.4 Å². The predicted molar refractivity (Wildman–Crippen MR) is 72.1 cm³/mol. The molecule has 1 aromatic rings. The largest absolute Gasteiger partial charge is 0.312 e. The fraction of sp³-hybridized carbons (Fsp3) is 0.538. The molecule has 100 valence electrons. The summed E-state index contributed by atoms with van der Waals surface area (Å²) in [6.45, 7) is 7.62. The molecule has 1 atom stereocenters. The van der Waals surface area contributed by atoms with Gasteiger partial charge in [0.15, 0.2) is 0 Å². The van der Waals surface area contributed by atoms with Gasteiger partial charge < -0.3 is 5.32 Å². The minimum absolute atomic E-state index is 0.208. The van der Waals surface area contributed by atoms with Crippen LogP contribution in [0, 0.1) is 13.8 Å². The van der Waals surface area contributed by atoms with Crippen molar-refractivity contribution in [2.75, 3.05) is 19.6 Å². The second-order valence-corrected chi connectivity index (χ2v) is 6.89. The van der Waals surface area contributed by atoms with Crippen molar-refractivity contribution < 1.29 is 8.42 Å². The van der Waals surface area contributed by atoms with Crippen molar-refractivity contribution in [2.24, 2.45) is 0 Å². The Morgan fingerprint density at radius 3 is 2.67 bits per heavy atom. The molecule has 0 spiro atoms. The third-order valence-electron chi connectivity index (χ3n) is 3.28. The molecule has 0 radical (unpaired) electrons. The highest BCUT2D eigenvalue weighted by atomic mass is 32.2. The SMILES string of the molecule is Cc1ccc(S(=O)(=O)N2CCNC(C)C2)c(C)c1. The van der Waals surface area contributed by atoms with Crippen molar-refractivity contribution in [3.63, 3.8) is 0 Å². The molecule has 1 aliphatic heterocycles. The van der Waals surface area contributed by atoms with E-state index in [0.29, 0.717) is 24.5 Å². The van der Waals surface area contributed by atoms with E-state index >= 15 is 0 Å². The van der Waals surface area contributed by atoms with Gasteiger partial charge in [0.2, 0.25) is 10.0 Å². The Morgan fingerprint density at radius 1 is 1.33 bits per heavy atom. The van der Waals surface area contributed by atoms with E-state index < -0.39 is 10.0 Å². The summed E-state index contributed by atoms with van der Waals surface area (Å²) in [4.78, 5) is 0.433. The van der Waals surface area contributed by atoms with Gasteiger partial charge in [0.05, 0.1) is 4.90 Å². The smallest absolute Gasteiger partial charge is 0.243 e. The second-order valence-electron chi connectivity index (χ2n) is 4.99. The third kappa shape index (κ3) is 2.58. The lowest BCUT2D eigenvalue weighted by Crippen LogP contribution is -2.51. The zero-order valence-corrected chi connectivity index (χ0v) is 11.9. The summed E-state index contributed by atoms with van der Waals surface area (Å²) in [5, 5.41) is 3.25. The first-order valence-corrected chi connectivity index (χ1v) is 7.66. The first-order valence-electron chi connectivity index (χ1n) is 6.22. The summed E-state index contributed by atoms with van der Waals surface area (Å²) >= 11 is 0. The zero-order valence-electron chi connectivity index (χ0n) is 11.1. The van der Waals surface area contributed by atoms with Crippen LogP contribution in [0.15, 0.2) is 23.1 Å². The summed E-state index contributed by atoms with van der Waals surface area (Å²) < 4.78 is 26.7. The molecule has 1 aliphatic rings. The van der Waals surface area contributed by atoms with Crippen LogP contribution < -0.4 is 5.32 Å². The third-order valence-corrected chi connectivity index (χ3v) is 5.31. The molecule has 5 heteroatoms. The van der Waals surface area contributed by atoms with Gasteiger partial charge >= 0.3 is 0 Å². The maximum Gasteiger partial charge on any atom is 0.243 e. The Bertz CT molecular complexity index is 540. The van der Waals surface area contributed by atoms with E-state index in [1.165, 1.54) is 0 Å². The van der Waals surface area contributed by atoms with Crippen LogP contribution in [0.25, 0.3) is 0 Å². The molecule has 0 bridgehead atoms. The summed E-state index contributed by atoms with van der Waals surface area (Å²) in [5.41, 5.74) is 1.90. The van der Waals surface area contributed by atoms with Crippen LogP contribution in [0.1, 0.15) is 18.1 Å². The number of nitrogens with zero attached hydrogens (tertiary/aromatic N) is 1. The number of benzene rings is 1. The van der Waals surface area contributed by atoms with E-state index in [0.717, 1.165) is 11.1 Å². The molecule has 18 heavy (non-hydrogen) atoms. The van der Waals surface area contributed by atoms with Gasteiger partial charge in [0.1, 0.15) is 0 Å².